The van der Waals surface area contributed by atoms with E-state index in [2.05, 4.69) is 50.4 Å². The Morgan fingerprint density at radius 1 is 1.14 bits per heavy atom. The monoisotopic (exact) mass is 393 g/mol. The van der Waals surface area contributed by atoms with E-state index >= 15 is 0 Å². The van der Waals surface area contributed by atoms with E-state index in [1.54, 1.807) is 4.90 Å². The van der Waals surface area contributed by atoms with Crippen LogP contribution < -0.4 is 10.2 Å². The second-order valence-corrected chi connectivity index (χ2v) is 9.00. The third-order valence-corrected chi connectivity index (χ3v) is 5.31. The average Bonchev–Trinajstić information content (AvgIpc) is 2.75. The largest absolute Gasteiger partial charge is 0.324 e. The highest BCUT2D eigenvalue weighted by Crippen LogP contribution is 2.31. The van der Waals surface area contributed by atoms with Crippen LogP contribution >= 0.6 is 0 Å². The molecule has 5 heteroatoms. The first kappa shape index (κ1) is 21.1. The first-order valence-corrected chi connectivity index (χ1v) is 10.1. The second kappa shape index (κ2) is 8.37. The van der Waals surface area contributed by atoms with Gasteiger partial charge in [-0.05, 0) is 42.6 Å². The molecule has 0 aromatic heterocycles. The van der Waals surface area contributed by atoms with Crippen molar-refractivity contribution in [1.29, 1.82) is 0 Å². The van der Waals surface area contributed by atoms with E-state index in [1.807, 2.05) is 43.1 Å². The van der Waals surface area contributed by atoms with Gasteiger partial charge in [0.1, 0.15) is 0 Å². The van der Waals surface area contributed by atoms with Crippen molar-refractivity contribution in [3.8, 4) is 0 Å². The van der Waals surface area contributed by atoms with Crippen LogP contribution in [-0.2, 0) is 21.5 Å². The van der Waals surface area contributed by atoms with Crippen molar-refractivity contribution in [2.75, 3.05) is 23.8 Å². The molecule has 5 nitrogen and oxygen atoms in total. The molecular formula is C24H31N3O2. The van der Waals surface area contributed by atoms with Crippen molar-refractivity contribution in [2.45, 2.75) is 52.1 Å². The minimum atomic E-state index is -0.189. The highest BCUT2D eigenvalue weighted by molar-refractivity contribution is 6.04. The molecule has 0 saturated carbocycles. The lowest BCUT2D eigenvalue weighted by molar-refractivity contribution is -0.120. The van der Waals surface area contributed by atoms with Gasteiger partial charge in [-0.1, -0.05) is 57.2 Å². The zero-order valence-electron chi connectivity index (χ0n) is 18.0. The van der Waals surface area contributed by atoms with E-state index in [9.17, 15) is 9.59 Å². The number of anilines is 2. The average molecular weight is 394 g/mol. The van der Waals surface area contributed by atoms with Gasteiger partial charge in [0.05, 0.1) is 17.9 Å². The first-order chi connectivity index (χ1) is 13.6. The van der Waals surface area contributed by atoms with Gasteiger partial charge in [-0.3, -0.25) is 14.5 Å². The lowest BCUT2D eigenvalue weighted by atomic mass is 9.87. The summed E-state index contributed by atoms with van der Waals surface area (Å²) in [5, 5.41) is 2.90. The van der Waals surface area contributed by atoms with Crippen LogP contribution in [0.2, 0.25) is 0 Å². The van der Waals surface area contributed by atoms with Crippen LogP contribution in [0.15, 0.2) is 48.5 Å². The molecular weight excluding hydrogens is 362 g/mol. The van der Waals surface area contributed by atoms with Crippen molar-refractivity contribution in [3.63, 3.8) is 0 Å². The number of rotatable bonds is 4. The molecule has 1 aliphatic heterocycles. The highest BCUT2D eigenvalue weighted by atomic mass is 16.2. The predicted octanol–water partition coefficient (Wildman–Crippen LogP) is 4.18. The number of likely N-dealkylation sites (N-methyl/N-ethyl adjacent to an activating group) is 1. The molecule has 154 valence electrons. The van der Waals surface area contributed by atoms with Gasteiger partial charge in [-0.25, -0.2) is 0 Å². The number of fused-ring (bicyclic) bond motifs is 1. The summed E-state index contributed by atoms with van der Waals surface area (Å²) in [5.74, 6) is -0.0668. The summed E-state index contributed by atoms with van der Waals surface area (Å²) >= 11 is 0. The maximum Gasteiger partial charge on any atom is 0.241 e. The molecule has 0 saturated heterocycles. The van der Waals surface area contributed by atoms with Crippen molar-refractivity contribution in [3.05, 3.63) is 59.7 Å². The number of para-hydroxylation sites is 2. The summed E-state index contributed by atoms with van der Waals surface area (Å²) in [5.41, 5.74) is 4.05. The fraction of sp³-hybridized carbons (Fsp3) is 0.417. The number of hydrogen-bond donors (Lipinski definition) is 1. The SMILES string of the molecule is C[C@H]1CC(=O)Nc2ccccc2N1C(=O)CN(C)Cc1ccc(C(C)(C)C)cc1. The molecule has 2 amide bonds. The second-order valence-electron chi connectivity index (χ2n) is 9.00. The van der Waals surface area contributed by atoms with Crippen LogP contribution in [0.25, 0.3) is 0 Å². The number of nitrogens with one attached hydrogen (secondary N) is 1. The van der Waals surface area contributed by atoms with E-state index in [-0.39, 0.29) is 29.8 Å². The summed E-state index contributed by atoms with van der Waals surface area (Å²) in [6.45, 7) is 9.50. The quantitative estimate of drug-likeness (QED) is 0.848. The molecule has 0 aliphatic carbocycles. The summed E-state index contributed by atoms with van der Waals surface area (Å²) < 4.78 is 0. The fourth-order valence-electron chi connectivity index (χ4n) is 3.75. The maximum atomic E-state index is 13.2. The summed E-state index contributed by atoms with van der Waals surface area (Å²) in [6.07, 6.45) is 0.290. The molecule has 29 heavy (non-hydrogen) atoms. The predicted molar refractivity (Wildman–Crippen MR) is 118 cm³/mol. The van der Waals surface area contributed by atoms with Crippen LogP contribution in [0.4, 0.5) is 11.4 Å². The Hall–Kier alpha value is -2.66. The van der Waals surface area contributed by atoms with E-state index < -0.39 is 0 Å². The number of nitrogens with zero attached hydrogens (tertiary/aromatic N) is 2. The molecule has 1 N–H and O–H groups in total. The number of hydrogen-bond acceptors (Lipinski definition) is 3. The lowest BCUT2D eigenvalue weighted by Crippen LogP contribution is -2.44. The number of amides is 2. The van der Waals surface area contributed by atoms with Gasteiger partial charge in [-0.15, -0.1) is 0 Å². The van der Waals surface area contributed by atoms with E-state index in [0.29, 0.717) is 18.7 Å². The molecule has 2 aromatic carbocycles. The lowest BCUT2D eigenvalue weighted by Gasteiger charge is -2.29. The Morgan fingerprint density at radius 3 is 2.45 bits per heavy atom. The zero-order chi connectivity index (χ0) is 21.2. The van der Waals surface area contributed by atoms with Crippen LogP contribution in [0.5, 0.6) is 0 Å². The molecule has 0 spiro atoms. The molecule has 3 rings (SSSR count). The standard InChI is InChI=1S/C24H31N3O2/c1-17-14-22(28)25-20-8-6-7-9-21(20)27(17)23(29)16-26(5)15-18-10-12-19(13-11-18)24(2,3)4/h6-13,17H,14-16H2,1-5H3,(H,25,28)/t17-/m0/s1. The highest BCUT2D eigenvalue weighted by Gasteiger charge is 2.29. The van der Waals surface area contributed by atoms with Crippen LogP contribution in [0, 0.1) is 0 Å². The van der Waals surface area contributed by atoms with Gasteiger partial charge in [0.15, 0.2) is 0 Å². The summed E-state index contributed by atoms with van der Waals surface area (Å²) in [4.78, 5) is 29.1. The van der Waals surface area contributed by atoms with E-state index in [0.717, 1.165) is 5.69 Å². The van der Waals surface area contributed by atoms with Gasteiger partial charge in [0, 0.05) is 19.0 Å². The Kier molecular flexibility index (Phi) is 6.08. The minimum absolute atomic E-state index is 0.00439. The minimum Gasteiger partial charge on any atom is -0.324 e. The topological polar surface area (TPSA) is 52.7 Å². The molecule has 0 fully saturated rings. The summed E-state index contributed by atoms with van der Waals surface area (Å²) in [7, 11) is 1.95. The number of carbonyl (C=O) groups is 2. The molecule has 1 atom stereocenters. The van der Waals surface area contributed by atoms with Gasteiger partial charge in [0.2, 0.25) is 11.8 Å². The Labute approximate surface area is 173 Å². The maximum absolute atomic E-state index is 13.2. The van der Waals surface area contributed by atoms with Crippen molar-refractivity contribution >= 4 is 23.2 Å². The first-order valence-electron chi connectivity index (χ1n) is 10.1. The summed E-state index contributed by atoms with van der Waals surface area (Å²) in [6, 6.07) is 15.9. The molecule has 1 aliphatic rings. The molecule has 2 aromatic rings. The van der Waals surface area contributed by atoms with E-state index in [4.69, 9.17) is 0 Å². The van der Waals surface area contributed by atoms with Gasteiger partial charge < -0.3 is 10.2 Å². The van der Waals surface area contributed by atoms with Crippen molar-refractivity contribution in [1.82, 2.24) is 4.90 Å². The van der Waals surface area contributed by atoms with Crippen LogP contribution in [0.1, 0.15) is 45.2 Å². The molecule has 0 unspecified atom stereocenters. The van der Waals surface area contributed by atoms with Gasteiger partial charge in [-0.2, -0.15) is 0 Å². The number of benzene rings is 2. The van der Waals surface area contributed by atoms with Crippen LogP contribution in [0.3, 0.4) is 0 Å². The Balaban J connectivity index is 1.71. The molecule has 0 bridgehead atoms. The third kappa shape index (κ3) is 5.04. The fourth-order valence-corrected chi connectivity index (χ4v) is 3.75. The van der Waals surface area contributed by atoms with Crippen molar-refractivity contribution in [2.24, 2.45) is 0 Å². The van der Waals surface area contributed by atoms with Crippen molar-refractivity contribution < 1.29 is 9.59 Å². The third-order valence-electron chi connectivity index (χ3n) is 5.31. The van der Waals surface area contributed by atoms with Gasteiger partial charge in [0.25, 0.3) is 0 Å². The van der Waals surface area contributed by atoms with Crippen LogP contribution in [-0.4, -0.2) is 36.3 Å². The smallest absolute Gasteiger partial charge is 0.241 e. The Bertz CT molecular complexity index is 884. The molecule has 1 heterocycles. The Morgan fingerprint density at radius 2 is 1.79 bits per heavy atom. The normalized spacial score (nSPS) is 17.0. The number of carbonyl (C=O) groups excluding carboxylic acids is 2. The van der Waals surface area contributed by atoms with E-state index in [1.165, 1.54) is 11.1 Å². The zero-order valence-corrected chi connectivity index (χ0v) is 18.0. The van der Waals surface area contributed by atoms with Gasteiger partial charge >= 0.3 is 0 Å². The molecule has 0 radical (unpaired) electrons.